The predicted molar refractivity (Wildman–Crippen MR) is 160 cm³/mol. The van der Waals surface area contributed by atoms with Crippen LogP contribution in [0, 0.1) is 0 Å². The van der Waals surface area contributed by atoms with Crippen molar-refractivity contribution in [2.24, 2.45) is 10.3 Å². The molecule has 14 heteroatoms. The first-order valence-electron chi connectivity index (χ1n) is 12.6. The Balaban J connectivity index is 0.000000204. The van der Waals surface area contributed by atoms with Crippen LogP contribution >= 0.6 is 31.9 Å². The zero-order valence-electron chi connectivity index (χ0n) is 22.6. The average Bonchev–Trinajstić information content (AvgIpc) is 3.70. The van der Waals surface area contributed by atoms with Crippen molar-refractivity contribution in [2.45, 2.75) is 25.0 Å². The maximum absolute atomic E-state index is 8.12. The molecule has 0 aliphatic carbocycles. The predicted octanol–water partition coefficient (Wildman–Crippen LogP) is 6.23. The lowest BCUT2D eigenvalue weighted by Gasteiger charge is -2.07. The van der Waals surface area contributed by atoms with Crippen molar-refractivity contribution in [1.29, 1.82) is 0 Å². The zero-order valence-corrected chi connectivity index (χ0v) is 25.8. The van der Waals surface area contributed by atoms with E-state index in [4.69, 9.17) is 38.3 Å². The number of hydrogen-bond acceptors (Lipinski definition) is 12. The summed E-state index contributed by atoms with van der Waals surface area (Å²) in [4.78, 5) is 51.3. The van der Waals surface area contributed by atoms with Gasteiger partial charge in [-0.05, 0) is 59.7 Å². The second kappa shape index (κ2) is 18.5. The molecular formula is C30H22Br2N4O8. The standard InChI is InChI=1S/2C14H11BrN2O2.2CO2/c2*15-11-5-3-10(4-6-11)13-8-14(17-19-13)18-12-2-1-7-16-9-12;2*2-1-3/h2*1-7,9,13H,8H2;;/t2*13-;;/m10../s1. The first-order chi connectivity index (χ1) is 21.4. The van der Waals surface area contributed by atoms with Crippen LogP contribution in [-0.4, -0.2) is 34.1 Å². The number of oxime groups is 2. The Morgan fingerprint density at radius 3 is 1.30 bits per heavy atom. The fourth-order valence-corrected chi connectivity index (χ4v) is 4.16. The summed E-state index contributed by atoms with van der Waals surface area (Å²) in [6.07, 6.45) is 8.27. The minimum Gasteiger partial charge on any atom is -0.438 e. The summed E-state index contributed by atoms with van der Waals surface area (Å²) in [6, 6.07) is 23.3. The van der Waals surface area contributed by atoms with Gasteiger partial charge in [0.05, 0.1) is 25.2 Å². The number of pyridine rings is 2. The molecule has 0 saturated carbocycles. The minimum absolute atomic E-state index is 0.0835. The highest BCUT2D eigenvalue weighted by Gasteiger charge is 2.25. The van der Waals surface area contributed by atoms with Crippen molar-refractivity contribution in [3.05, 3.63) is 118 Å². The summed E-state index contributed by atoms with van der Waals surface area (Å²) in [5.74, 6) is 2.48. The normalized spacial score (nSPS) is 15.7. The summed E-state index contributed by atoms with van der Waals surface area (Å²) in [7, 11) is 0. The molecule has 2 aromatic heterocycles. The van der Waals surface area contributed by atoms with Gasteiger partial charge in [0.15, 0.2) is 12.2 Å². The number of hydrogen-bond donors (Lipinski definition) is 0. The molecule has 2 aromatic carbocycles. The van der Waals surface area contributed by atoms with Gasteiger partial charge in [-0.1, -0.05) is 66.4 Å². The van der Waals surface area contributed by atoms with Gasteiger partial charge in [0.25, 0.3) is 0 Å². The van der Waals surface area contributed by atoms with Crippen LogP contribution in [0.25, 0.3) is 0 Å². The summed E-state index contributed by atoms with van der Waals surface area (Å²) in [6.45, 7) is 0. The molecule has 12 nitrogen and oxygen atoms in total. The van der Waals surface area contributed by atoms with Crippen molar-refractivity contribution < 1.29 is 38.3 Å². The number of halogens is 2. The van der Waals surface area contributed by atoms with Gasteiger partial charge in [0, 0.05) is 21.3 Å². The third-order valence-corrected chi connectivity index (χ3v) is 6.56. The molecule has 2 atom stereocenters. The summed E-state index contributed by atoms with van der Waals surface area (Å²) in [5, 5.41) is 7.93. The molecule has 0 unspecified atom stereocenters. The van der Waals surface area contributed by atoms with Crippen molar-refractivity contribution in [2.75, 3.05) is 0 Å². The van der Waals surface area contributed by atoms with E-state index >= 15 is 0 Å². The van der Waals surface area contributed by atoms with Crippen molar-refractivity contribution in [3.63, 3.8) is 0 Å². The molecule has 4 heterocycles. The SMILES string of the molecule is Brc1ccc([C@@H]2CC(Oc3cccnc3)=NO2)cc1.Brc1ccc([C@H]2CC(Oc3cccnc3)=NO2)cc1.O=C=O.O=C=O. The van der Waals surface area contributed by atoms with Crippen molar-refractivity contribution in [1.82, 2.24) is 9.97 Å². The minimum atomic E-state index is -0.0835. The van der Waals surface area contributed by atoms with Crippen molar-refractivity contribution >= 4 is 56.0 Å². The smallest absolute Gasteiger partial charge is 0.373 e. The lowest BCUT2D eigenvalue weighted by molar-refractivity contribution is -0.193. The van der Waals surface area contributed by atoms with E-state index in [1.807, 2.05) is 72.8 Å². The van der Waals surface area contributed by atoms with E-state index in [0.29, 0.717) is 36.1 Å². The Hall–Kier alpha value is -5.00. The topological polar surface area (TPSA) is 156 Å². The van der Waals surface area contributed by atoms with E-state index in [-0.39, 0.29) is 24.5 Å². The second-order valence-corrected chi connectivity index (χ2v) is 10.2. The summed E-state index contributed by atoms with van der Waals surface area (Å²) in [5.41, 5.74) is 2.16. The van der Waals surface area contributed by atoms with Gasteiger partial charge in [0.2, 0.25) is 11.8 Å². The Kier molecular flexibility index (Phi) is 14.1. The molecule has 4 aromatic rings. The molecule has 6 rings (SSSR count). The lowest BCUT2D eigenvalue weighted by Crippen LogP contribution is -2.07. The molecule has 44 heavy (non-hydrogen) atoms. The van der Waals surface area contributed by atoms with Crippen LogP contribution in [0.5, 0.6) is 11.5 Å². The largest absolute Gasteiger partial charge is 0.438 e. The molecule has 0 amide bonds. The van der Waals surface area contributed by atoms with Gasteiger partial charge < -0.3 is 19.1 Å². The van der Waals surface area contributed by atoms with Gasteiger partial charge in [0.1, 0.15) is 11.5 Å². The van der Waals surface area contributed by atoms with Crippen LogP contribution in [0.1, 0.15) is 36.2 Å². The first kappa shape index (κ1) is 33.5. The Labute approximate surface area is 268 Å². The van der Waals surface area contributed by atoms with Crippen molar-refractivity contribution in [3.8, 4) is 11.5 Å². The van der Waals surface area contributed by atoms with Crippen LogP contribution in [0.15, 0.2) is 117 Å². The lowest BCUT2D eigenvalue weighted by atomic mass is 10.1. The van der Waals surface area contributed by atoms with Gasteiger partial charge in [-0.3, -0.25) is 9.97 Å². The molecule has 0 fully saturated rings. The third-order valence-electron chi connectivity index (χ3n) is 5.51. The molecule has 0 bridgehead atoms. The highest BCUT2D eigenvalue weighted by Crippen LogP contribution is 2.30. The van der Waals surface area contributed by atoms with E-state index in [9.17, 15) is 0 Å². The number of benzene rings is 2. The number of rotatable bonds is 4. The van der Waals surface area contributed by atoms with E-state index in [1.54, 1.807) is 24.8 Å². The van der Waals surface area contributed by atoms with Crippen LogP contribution in [0.2, 0.25) is 0 Å². The summed E-state index contributed by atoms with van der Waals surface area (Å²) < 4.78 is 13.3. The van der Waals surface area contributed by atoms with E-state index in [1.165, 1.54) is 0 Å². The molecule has 0 spiro atoms. The van der Waals surface area contributed by atoms with Gasteiger partial charge in [-0.2, -0.15) is 19.2 Å². The molecule has 0 N–H and O–H groups in total. The van der Waals surface area contributed by atoms with Gasteiger partial charge in [-0.15, -0.1) is 0 Å². The van der Waals surface area contributed by atoms with E-state index < -0.39 is 0 Å². The highest BCUT2D eigenvalue weighted by molar-refractivity contribution is 9.10. The van der Waals surface area contributed by atoms with Crippen LogP contribution < -0.4 is 9.47 Å². The fourth-order valence-electron chi connectivity index (χ4n) is 3.63. The monoisotopic (exact) mass is 724 g/mol. The molecule has 0 saturated heterocycles. The first-order valence-corrected chi connectivity index (χ1v) is 14.1. The van der Waals surface area contributed by atoms with Crippen LogP contribution in [-0.2, 0) is 28.9 Å². The second-order valence-electron chi connectivity index (χ2n) is 8.42. The van der Waals surface area contributed by atoms with Gasteiger partial charge >= 0.3 is 12.3 Å². The molecule has 224 valence electrons. The maximum Gasteiger partial charge on any atom is 0.373 e. The highest BCUT2D eigenvalue weighted by atomic mass is 79.9. The number of nitrogens with zero attached hydrogens (tertiary/aromatic N) is 4. The number of ether oxygens (including phenoxy) is 2. The average molecular weight is 726 g/mol. The van der Waals surface area contributed by atoms with Crippen LogP contribution in [0.3, 0.4) is 0 Å². The van der Waals surface area contributed by atoms with E-state index in [2.05, 4.69) is 52.1 Å². The molecule has 2 aliphatic heterocycles. The maximum atomic E-state index is 8.12. The Morgan fingerprint density at radius 2 is 0.977 bits per heavy atom. The van der Waals surface area contributed by atoms with Gasteiger partial charge in [-0.25, -0.2) is 0 Å². The molecular weight excluding hydrogens is 704 g/mol. The molecule has 0 radical (unpaired) electrons. The summed E-state index contributed by atoms with van der Waals surface area (Å²) >= 11 is 6.82. The van der Waals surface area contributed by atoms with Crippen LogP contribution in [0.4, 0.5) is 0 Å². The zero-order chi connectivity index (χ0) is 31.6. The third kappa shape index (κ3) is 11.3. The quantitative estimate of drug-likeness (QED) is 0.236. The Bertz CT molecular complexity index is 1460. The fraction of sp³-hybridized carbons (Fsp3) is 0.133. The molecule has 2 aliphatic rings. The number of carbonyl (C=O) groups excluding carboxylic acids is 4. The Morgan fingerprint density at radius 1 is 0.614 bits per heavy atom. The van der Waals surface area contributed by atoms with E-state index in [0.717, 1.165) is 20.1 Å². The number of aromatic nitrogens is 2.